The highest BCUT2D eigenvalue weighted by molar-refractivity contribution is 8.77. The largest absolute Gasteiger partial charge is 0.731 e. The van der Waals surface area contributed by atoms with Crippen molar-refractivity contribution in [3.63, 3.8) is 0 Å². The molecule has 4 rings (SSSR count). The second-order valence-corrected chi connectivity index (χ2v) is 11.1. The summed E-state index contributed by atoms with van der Waals surface area (Å²) in [5, 5.41) is 1.35. The molecular weight excluding hydrogens is 482 g/mol. The van der Waals surface area contributed by atoms with E-state index in [2.05, 4.69) is 10.3 Å². The molecule has 0 unspecified atom stereocenters. The Bertz CT molecular complexity index is 1180. The number of thiazole rings is 1. The van der Waals surface area contributed by atoms with Crippen molar-refractivity contribution in [2.75, 3.05) is 6.61 Å². The van der Waals surface area contributed by atoms with E-state index in [9.17, 15) is 22.6 Å². The third-order valence-electron chi connectivity index (χ3n) is 4.16. The number of β-lactam (4-membered cyclic amide) rings is 1. The zero-order chi connectivity index (χ0) is 22.0. The molecule has 0 bridgehead atoms. The molecule has 2 atom stereocenters. The molecule has 1 aliphatic heterocycles. The highest BCUT2D eigenvalue weighted by Gasteiger charge is 2.52. The Kier molecular flexibility index (Phi) is 6.39. The lowest BCUT2D eigenvalue weighted by atomic mass is 10.1. The monoisotopic (exact) mass is 496 g/mol. The second kappa shape index (κ2) is 9.04. The van der Waals surface area contributed by atoms with Crippen LogP contribution in [0.15, 0.2) is 58.9 Å². The van der Waals surface area contributed by atoms with Crippen molar-refractivity contribution >= 4 is 65.3 Å². The number of amides is 2. The lowest BCUT2D eigenvalue weighted by Crippen LogP contribution is -2.70. The topological polar surface area (TPSA) is 129 Å². The molecule has 162 valence electrons. The van der Waals surface area contributed by atoms with Crippen LogP contribution in [0.5, 0.6) is 5.75 Å². The highest BCUT2D eigenvalue weighted by atomic mass is 33.1. The van der Waals surface area contributed by atoms with Crippen LogP contribution in [0.1, 0.15) is 0 Å². The van der Waals surface area contributed by atoms with Crippen molar-refractivity contribution in [3.8, 4) is 5.75 Å². The van der Waals surface area contributed by atoms with E-state index >= 15 is 0 Å². The summed E-state index contributed by atoms with van der Waals surface area (Å²) in [7, 11) is -2.91. The third-order valence-corrected chi connectivity index (χ3v) is 9.20. The van der Waals surface area contributed by atoms with Crippen LogP contribution in [0, 0.1) is 0 Å². The Hall–Kier alpha value is -2.32. The van der Waals surface area contributed by atoms with Gasteiger partial charge in [-0.25, -0.2) is 17.7 Å². The molecule has 31 heavy (non-hydrogen) atoms. The number of nitrogens with zero attached hydrogens (tertiary/aromatic N) is 2. The van der Waals surface area contributed by atoms with Gasteiger partial charge in [0.1, 0.15) is 17.2 Å². The predicted molar refractivity (Wildman–Crippen MR) is 117 cm³/mol. The van der Waals surface area contributed by atoms with E-state index in [-0.39, 0.29) is 10.9 Å². The number of hydrogen-bond acceptors (Lipinski definition) is 10. The maximum atomic E-state index is 12.2. The van der Waals surface area contributed by atoms with Gasteiger partial charge in [0, 0.05) is 0 Å². The Morgan fingerprint density at radius 1 is 1.19 bits per heavy atom. The first-order valence-corrected chi connectivity index (χ1v) is 13.2. The predicted octanol–water partition coefficient (Wildman–Crippen LogP) is 2.23. The van der Waals surface area contributed by atoms with Gasteiger partial charge in [-0.05, 0) is 35.1 Å². The van der Waals surface area contributed by atoms with Gasteiger partial charge in [-0.1, -0.05) is 41.1 Å². The van der Waals surface area contributed by atoms with E-state index in [1.165, 1.54) is 11.3 Å². The number of nitrogens with one attached hydrogen (secondary N) is 1. The first kappa shape index (κ1) is 21.9. The maximum absolute atomic E-state index is 12.2. The quantitative estimate of drug-likeness (QED) is 0.283. The first-order valence-electron chi connectivity index (χ1n) is 8.78. The summed E-state index contributed by atoms with van der Waals surface area (Å²) in [6, 6.07) is 14.9. The minimum absolute atomic E-state index is 0.237. The standard InChI is InChI=1S/C18H15N3O6S4/c22-14(10-27-11-6-2-1-3-7-11)20-15-16(23)21(31(24,25)26)17(15)29-30-18-19-12-8-4-5-9-13(12)28-18/h1-9,15,17H,10H2,(H,20,22)(H,24,25,26)/p-1/t15-,17-/m1/s1. The van der Waals surface area contributed by atoms with E-state index in [4.69, 9.17) is 4.74 Å². The molecule has 9 nitrogen and oxygen atoms in total. The number of aromatic nitrogens is 1. The lowest BCUT2D eigenvalue weighted by Gasteiger charge is -2.46. The normalized spacial score (nSPS) is 18.6. The van der Waals surface area contributed by atoms with E-state index in [0.717, 1.165) is 31.8 Å². The van der Waals surface area contributed by atoms with Gasteiger partial charge < -0.3 is 14.6 Å². The second-order valence-electron chi connectivity index (χ2n) is 6.26. The molecule has 1 aliphatic rings. The van der Waals surface area contributed by atoms with Crippen LogP contribution in [-0.4, -0.2) is 52.1 Å². The summed E-state index contributed by atoms with van der Waals surface area (Å²) in [6.45, 7) is -0.361. The SMILES string of the molecule is O=C(COc1ccccc1)N[C@@H]1C(=O)N(S(=O)(=O)[O-])[C@@H]1SSc1nc2ccccc2s1. The van der Waals surface area contributed by atoms with Gasteiger partial charge in [-0.15, -0.1) is 11.3 Å². The van der Waals surface area contributed by atoms with Crippen LogP contribution < -0.4 is 10.1 Å². The molecule has 0 saturated carbocycles. The summed E-state index contributed by atoms with van der Waals surface area (Å²) in [4.78, 5) is 28.9. The number of carbonyl (C=O) groups excluding carboxylic acids is 2. The van der Waals surface area contributed by atoms with Gasteiger partial charge >= 0.3 is 0 Å². The van der Waals surface area contributed by atoms with Gasteiger partial charge in [-0.3, -0.25) is 9.59 Å². The van der Waals surface area contributed by atoms with Gasteiger partial charge in [0.25, 0.3) is 11.8 Å². The molecule has 2 amide bonds. The molecular formula is C18H14N3O6S4-. The molecule has 0 radical (unpaired) electrons. The average molecular weight is 497 g/mol. The summed E-state index contributed by atoms with van der Waals surface area (Å²) in [6.07, 6.45) is 0. The van der Waals surface area contributed by atoms with Crippen molar-refractivity contribution in [3.05, 3.63) is 54.6 Å². The number of carbonyl (C=O) groups is 2. The van der Waals surface area contributed by atoms with Gasteiger partial charge in [0.15, 0.2) is 21.3 Å². The fourth-order valence-electron chi connectivity index (χ4n) is 2.76. The molecule has 13 heteroatoms. The molecule has 0 aliphatic carbocycles. The van der Waals surface area contributed by atoms with Gasteiger partial charge in [0.05, 0.1) is 10.2 Å². The lowest BCUT2D eigenvalue weighted by molar-refractivity contribution is -0.142. The number of ether oxygens (including phenoxy) is 1. The summed E-state index contributed by atoms with van der Waals surface area (Å²) in [5.74, 6) is -1.12. The Morgan fingerprint density at radius 3 is 2.61 bits per heavy atom. The molecule has 2 heterocycles. The number of benzene rings is 2. The van der Waals surface area contributed by atoms with Crippen LogP contribution in [-0.2, 0) is 19.9 Å². The van der Waals surface area contributed by atoms with Crippen LogP contribution in [0.25, 0.3) is 10.2 Å². The average Bonchev–Trinajstić information content (AvgIpc) is 3.16. The summed E-state index contributed by atoms with van der Waals surface area (Å²) >= 11 is 1.40. The number of hydrogen-bond donors (Lipinski definition) is 1. The molecule has 0 spiro atoms. The van der Waals surface area contributed by atoms with E-state index in [0.29, 0.717) is 10.1 Å². The highest BCUT2D eigenvalue weighted by Crippen LogP contribution is 2.44. The van der Waals surface area contributed by atoms with Crippen LogP contribution in [0.3, 0.4) is 0 Å². The maximum Gasteiger partial charge on any atom is 0.262 e. The molecule has 1 aromatic heterocycles. The molecule has 1 saturated heterocycles. The zero-order valence-corrected chi connectivity index (χ0v) is 18.8. The van der Waals surface area contributed by atoms with Crippen LogP contribution in [0.2, 0.25) is 0 Å². The molecule has 1 N–H and O–H groups in total. The first-order chi connectivity index (χ1) is 14.8. The fraction of sp³-hybridized carbons (Fsp3) is 0.167. The van der Waals surface area contributed by atoms with Crippen LogP contribution >= 0.6 is 32.9 Å². The van der Waals surface area contributed by atoms with Crippen molar-refractivity contribution in [2.24, 2.45) is 0 Å². The van der Waals surface area contributed by atoms with Gasteiger partial charge in [0.2, 0.25) is 0 Å². The Morgan fingerprint density at radius 2 is 1.90 bits per heavy atom. The van der Waals surface area contributed by atoms with Gasteiger partial charge in [-0.2, -0.15) is 0 Å². The van der Waals surface area contributed by atoms with Crippen molar-refractivity contribution in [1.82, 2.24) is 14.6 Å². The molecule has 1 fully saturated rings. The Balaban J connectivity index is 1.41. The molecule has 2 aromatic carbocycles. The zero-order valence-electron chi connectivity index (χ0n) is 15.5. The van der Waals surface area contributed by atoms with Crippen LogP contribution in [0.4, 0.5) is 0 Å². The van der Waals surface area contributed by atoms with Crippen molar-refractivity contribution in [2.45, 2.75) is 15.8 Å². The van der Waals surface area contributed by atoms with E-state index in [1.54, 1.807) is 30.3 Å². The van der Waals surface area contributed by atoms with Crippen molar-refractivity contribution in [1.29, 1.82) is 0 Å². The fourth-order valence-corrected chi connectivity index (χ4v) is 7.88. The number of rotatable bonds is 8. The third kappa shape index (κ3) is 4.96. The Labute approximate surface area is 189 Å². The summed E-state index contributed by atoms with van der Waals surface area (Å²) in [5.41, 5.74) is 0.788. The number of para-hydroxylation sites is 2. The van der Waals surface area contributed by atoms with E-state index < -0.39 is 33.5 Å². The van der Waals surface area contributed by atoms with Crippen molar-refractivity contribution < 1.29 is 27.3 Å². The minimum Gasteiger partial charge on any atom is -0.731 e. The minimum atomic E-state index is -5.02. The van der Waals surface area contributed by atoms with E-state index in [1.807, 2.05) is 24.3 Å². The smallest absolute Gasteiger partial charge is 0.262 e. The molecule has 3 aromatic rings. The summed E-state index contributed by atoms with van der Waals surface area (Å²) < 4.78 is 41.7. The number of fused-ring (bicyclic) bond motifs is 1.